The van der Waals surface area contributed by atoms with Gasteiger partial charge in [-0.3, -0.25) is 9.59 Å². The Morgan fingerprint density at radius 2 is 1.28 bits per heavy atom. The lowest BCUT2D eigenvalue weighted by molar-refractivity contribution is -0.136. The molecule has 4 aromatic rings. The zero-order valence-electron chi connectivity index (χ0n) is 33.7. The number of amides is 4. The number of ether oxygens (including phenoxy) is 2. The van der Waals surface area contributed by atoms with E-state index in [1.54, 1.807) is 0 Å². The molecule has 2 fully saturated rings. The van der Waals surface area contributed by atoms with Crippen LogP contribution in [0.25, 0.3) is 22.4 Å². The third-order valence-electron chi connectivity index (χ3n) is 11.7. The van der Waals surface area contributed by atoms with Crippen LogP contribution in [0.5, 0.6) is 0 Å². The minimum absolute atomic E-state index is 0.0911. The first-order chi connectivity index (χ1) is 27.4. The number of aromatic nitrogens is 4. The summed E-state index contributed by atoms with van der Waals surface area (Å²) in [6.45, 7) is 8.87. The first-order valence-electron chi connectivity index (χ1n) is 20.1. The van der Waals surface area contributed by atoms with Crippen LogP contribution < -0.4 is 10.6 Å². The van der Waals surface area contributed by atoms with Gasteiger partial charge in [0.25, 0.3) is 0 Å². The number of carbonyl (C=O) groups is 4. The number of hydrogen-bond donors (Lipinski definition) is 4. The van der Waals surface area contributed by atoms with Gasteiger partial charge in [-0.05, 0) is 78.2 Å². The van der Waals surface area contributed by atoms with Gasteiger partial charge < -0.3 is 39.9 Å². The smallest absolute Gasteiger partial charge is 0.407 e. The first-order valence-corrected chi connectivity index (χ1v) is 20.1. The van der Waals surface area contributed by atoms with Gasteiger partial charge in [-0.2, -0.15) is 0 Å². The van der Waals surface area contributed by atoms with E-state index in [-0.39, 0.29) is 35.7 Å². The van der Waals surface area contributed by atoms with Gasteiger partial charge in [0, 0.05) is 25.2 Å². The molecule has 0 radical (unpaired) electrons. The molecule has 4 N–H and O–H groups in total. The van der Waals surface area contributed by atoms with Crippen molar-refractivity contribution in [2.45, 2.75) is 96.8 Å². The van der Waals surface area contributed by atoms with Crippen molar-refractivity contribution in [1.82, 2.24) is 40.4 Å². The molecule has 4 amide bonds. The van der Waals surface area contributed by atoms with E-state index in [2.05, 4.69) is 63.1 Å². The lowest BCUT2D eigenvalue weighted by atomic mass is 9.95. The molecule has 7 rings (SSSR count). The summed E-state index contributed by atoms with van der Waals surface area (Å²) in [5.74, 6) is 1.12. The van der Waals surface area contributed by atoms with Crippen molar-refractivity contribution < 1.29 is 28.7 Å². The highest BCUT2D eigenvalue weighted by atomic mass is 16.5. The van der Waals surface area contributed by atoms with Crippen LogP contribution in [0, 0.1) is 11.8 Å². The minimum atomic E-state index is -0.683. The second kappa shape index (κ2) is 16.8. The van der Waals surface area contributed by atoms with E-state index in [1.165, 1.54) is 25.3 Å². The Labute approximate surface area is 333 Å². The van der Waals surface area contributed by atoms with E-state index in [4.69, 9.17) is 19.4 Å². The highest BCUT2D eigenvalue weighted by Gasteiger charge is 2.39. The average molecular weight is 779 g/mol. The molecule has 14 heteroatoms. The molecule has 2 aliphatic heterocycles. The van der Waals surface area contributed by atoms with Crippen LogP contribution in [0.15, 0.2) is 48.7 Å². The summed E-state index contributed by atoms with van der Waals surface area (Å²) in [6, 6.07) is 13.4. The zero-order chi connectivity index (χ0) is 40.4. The van der Waals surface area contributed by atoms with Crippen LogP contribution in [0.1, 0.15) is 99.6 Å². The third-order valence-corrected chi connectivity index (χ3v) is 11.7. The summed E-state index contributed by atoms with van der Waals surface area (Å²) in [5, 5.41) is 5.43. The maximum atomic E-state index is 13.7. The van der Waals surface area contributed by atoms with E-state index in [1.807, 2.05) is 43.7 Å². The number of imidazole rings is 2. The Kier molecular flexibility index (Phi) is 11.7. The van der Waals surface area contributed by atoms with E-state index in [0.717, 1.165) is 83.9 Å². The van der Waals surface area contributed by atoms with E-state index >= 15 is 0 Å². The van der Waals surface area contributed by atoms with Crippen molar-refractivity contribution in [1.29, 1.82) is 0 Å². The van der Waals surface area contributed by atoms with Gasteiger partial charge in [0.15, 0.2) is 0 Å². The predicted octanol–water partition coefficient (Wildman–Crippen LogP) is 6.24. The monoisotopic (exact) mass is 778 g/mol. The fourth-order valence-electron chi connectivity index (χ4n) is 8.51. The van der Waals surface area contributed by atoms with Crippen molar-refractivity contribution in [2.24, 2.45) is 11.8 Å². The van der Waals surface area contributed by atoms with Crippen molar-refractivity contribution in [3.63, 3.8) is 0 Å². The maximum absolute atomic E-state index is 13.7. The first kappa shape index (κ1) is 39.6. The fraction of sp³-hybridized carbons (Fsp3) is 0.488. The molecular weight excluding hydrogens is 725 g/mol. The molecule has 0 unspecified atom stereocenters. The number of H-pyrrole nitrogens is 2. The molecule has 2 saturated heterocycles. The van der Waals surface area contributed by atoms with Crippen LogP contribution in [-0.2, 0) is 38.3 Å². The number of rotatable bonds is 10. The lowest BCUT2D eigenvalue weighted by Gasteiger charge is -2.30. The summed E-state index contributed by atoms with van der Waals surface area (Å²) in [4.78, 5) is 71.7. The van der Waals surface area contributed by atoms with Crippen molar-refractivity contribution in [2.75, 3.05) is 27.3 Å². The average Bonchev–Trinajstić information content (AvgIpc) is 4.04. The molecule has 14 nitrogen and oxygen atoms in total. The number of hydrogen-bond acceptors (Lipinski definition) is 8. The Balaban J connectivity index is 1.02. The van der Waals surface area contributed by atoms with Gasteiger partial charge in [0.2, 0.25) is 11.8 Å². The largest absolute Gasteiger partial charge is 0.453 e. The summed E-state index contributed by atoms with van der Waals surface area (Å²) < 4.78 is 9.55. The van der Waals surface area contributed by atoms with Crippen LogP contribution in [-0.4, -0.2) is 93.1 Å². The number of aromatic amines is 2. The highest BCUT2D eigenvalue weighted by Crippen LogP contribution is 2.36. The number of aryl methyl sites for hydroxylation is 2. The summed E-state index contributed by atoms with van der Waals surface area (Å²) in [7, 11) is 2.60. The number of methoxy groups -OCH3 is 2. The Hall–Kier alpha value is -5.66. The molecule has 4 heterocycles. The number of nitrogens with zero attached hydrogens (tertiary/aromatic N) is 4. The molecule has 4 atom stereocenters. The maximum Gasteiger partial charge on any atom is 0.407 e. The lowest BCUT2D eigenvalue weighted by Crippen LogP contribution is -2.51. The molecule has 57 heavy (non-hydrogen) atoms. The Morgan fingerprint density at radius 1 is 0.719 bits per heavy atom. The summed E-state index contributed by atoms with van der Waals surface area (Å²) in [6.07, 6.45) is 6.34. The van der Waals surface area contributed by atoms with Gasteiger partial charge in [-0.1, -0.05) is 70.2 Å². The number of fused-ring (bicyclic) bond motifs is 2. The van der Waals surface area contributed by atoms with Crippen LogP contribution in [0.4, 0.5) is 9.59 Å². The topological polar surface area (TPSA) is 175 Å². The van der Waals surface area contributed by atoms with Crippen LogP contribution in [0.3, 0.4) is 0 Å². The number of carbonyl (C=O) groups excluding carboxylic acids is 4. The number of likely N-dealkylation sites (tertiary alicyclic amines) is 2. The predicted molar refractivity (Wildman–Crippen MR) is 214 cm³/mol. The molecule has 3 aliphatic rings. The van der Waals surface area contributed by atoms with Crippen molar-refractivity contribution in [3.8, 4) is 22.4 Å². The molecule has 2 aromatic heterocycles. The molecule has 1 aliphatic carbocycles. The SMILES string of the molecule is COC(=O)N[C@H](C(=O)N1CCC[C@H]1c1ncc(-c2ccc(-c3ccc4c(c3)CCc3[nH]c([C@@H]5CCCN5C(=O)[C@@H](NC(=O)OC)C(C)C)nc3C4)cc2)[nH]1)C(C)C. The van der Waals surface area contributed by atoms with Gasteiger partial charge >= 0.3 is 12.2 Å². The Morgan fingerprint density at radius 3 is 1.86 bits per heavy atom. The normalized spacial score (nSPS) is 18.8. The van der Waals surface area contributed by atoms with E-state index < -0.39 is 24.3 Å². The quantitative estimate of drug-likeness (QED) is 0.146. The molecule has 302 valence electrons. The van der Waals surface area contributed by atoms with Crippen molar-refractivity contribution >= 4 is 24.0 Å². The summed E-state index contributed by atoms with van der Waals surface area (Å²) in [5.41, 5.74) is 8.81. The number of benzene rings is 2. The standard InChI is InChI=1S/C43H54N8O6/c1-24(2)36(48-42(54)56-5)40(52)50-19-7-9-34(50)38-44-23-33(47-38)27-13-11-26(12-14-27)28-15-16-30-22-32-31(18-17-29(30)21-28)45-39(46-32)35-10-8-20-51(35)41(53)37(25(3)4)49-43(55)57-6/h11-16,21,23-25,34-37H,7-10,17-20,22H2,1-6H3,(H,44,47)(H,45,46)(H,48,54)(H,49,55)/t34-,35-,36-,37-/m0/s1. The van der Waals surface area contributed by atoms with Gasteiger partial charge in [0.1, 0.15) is 23.7 Å². The molecule has 0 spiro atoms. The molecule has 0 saturated carbocycles. The highest BCUT2D eigenvalue weighted by molar-refractivity contribution is 5.87. The minimum Gasteiger partial charge on any atom is -0.453 e. The number of alkyl carbamates (subject to hydrolysis) is 2. The van der Waals surface area contributed by atoms with Crippen LogP contribution >= 0.6 is 0 Å². The number of nitrogens with one attached hydrogen (secondary N) is 4. The second-order valence-electron chi connectivity index (χ2n) is 16.1. The van der Waals surface area contributed by atoms with E-state index in [9.17, 15) is 19.2 Å². The van der Waals surface area contributed by atoms with Crippen LogP contribution in [0.2, 0.25) is 0 Å². The Bertz CT molecular complexity index is 2110. The van der Waals surface area contributed by atoms with E-state index in [0.29, 0.717) is 19.5 Å². The fourth-order valence-corrected chi connectivity index (χ4v) is 8.51. The summed E-state index contributed by atoms with van der Waals surface area (Å²) >= 11 is 0. The molecule has 0 bridgehead atoms. The molecule has 2 aromatic carbocycles. The second-order valence-corrected chi connectivity index (χ2v) is 16.1. The third kappa shape index (κ3) is 8.26. The van der Waals surface area contributed by atoms with Gasteiger partial charge in [0.05, 0.1) is 43.9 Å². The van der Waals surface area contributed by atoms with Gasteiger partial charge in [-0.15, -0.1) is 0 Å². The van der Waals surface area contributed by atoms with Crippen molar-refractivity contribution in [3.05, 3.63) is 82.8 Å². The van der Waals surface area contributed by atoms with Gasteiger partial charge in [-0.25, -0.2) is 19.6 Å². The molecular formula is C43H54N8O6. The zero-order valence-corrected chi connectivity index (χ0v) is 33.7.